The Bertz CT molecular complexity index is 563. The van der Waals surface area contributed by atoms with E-state index in [4.69, 9.17) is 33.7 Å². The fourth-order valence-electron chi connectivity index (χ4n) is 1.17. The van der Waals surface area contributed by atoms with Gasteiger partial charge in [-0.1, -0.05) is 23.2 Å². The van der Waals surface area contributed by atoms with Gasteiger partial charge >= 0.3 is 0 Å². The molecular weight excluding hydrogens is 327 g/mol. The third kappa shape index (κ3) is 3.03. The van der Waals surface area contributed by atoms with Crippen LogP contribution in [0.1, 0.15) is 0 Å². The molecule has 2 rings (SSSR count). The van der Waals surface area contributed by atoms with E-state index in [0.29, 0.717) is 31.8 Å². The summed E-state index contributed by atoms with van der Waals surface area (Å²) in [6.45, 7) is 0. The lowest BCUT2D eigenvalue weighted by Crippen LogP contribution is -1.92. The number of hydrogen-bond acceptors (Lipinski definition) is 3. The molecular formula is C11H7BrCl2N2O. The van der Waals surface area contributed by atoms with Crippen LogP contribution in [0.4, 0.5) is 5.69 Å². The smallest absolute Gasteiger partial charge is 0.233 e. The van der Waals surface area contributed by atoms with Crippen molar-refractivity contribution in [2.45, 2.75) is 0 Å². The first kappa shape index (κ1) is 12.5. The number of rotatable bonds is 2. The number of ether oxygens (including phenoxy) is 1. The Morgan fingerprint density at radius 2 is 1.94 bits per heavy atom. The minimum atomic E-state index is 0.414. The Kier molecular flexibility index (Phi) is 3.76. The molecule has 0 amide bonds. The van der Waals surface area contributed by atoms with Gasteiger partial charge in [0.25, 0.3) is 0 Å². The van der Waals surface area contributed by atoms with Gasteiger partial charge < -0.3 is 10.5 Å². The number of hydrogen-bond donors (Lipinski definition) is 1. The molecule has 88 valence electrons. The highest BCUT2D eigenvalue weighted by molar-refractivity contribution is 9.10. The van der Waals surface area contributed by atoms with E-state index in [2.05, 4.69) is 20.9 Å². The third-order valence-electron chi connectivity index (χ3n) is 1.93. The molecule has 0 aliphatic carbocycles. The lowest BCUT2D eigenvalue weighted by Gasteiger charge is -2.07. The summed E-state index contributed by atoms with van der Waals surface area (Å²) >= 11 is 15.0. The van der Waals surface area contributed by atoms with Gasteiger partial charge in [-0.05, 0) is 34.1 Å². The molecule has 0 bridgehead atoms. The second kappa shape index (κ2) is 5.12. The van der Waals surface area contributed by atoms with E-state index < -0.39 is 0 Å². The molecule has 17 heavy (non-hydrogen) atoms. The molecule has 0 radical (unpaired) electrons. The maximum absolute atomic E-state index is 5.88. The van der Waals surface area contributed by atoms with Crippen LogP contribution in [-0.4, -0.2) is 4.98 Å². The predicted molar refractivity (Wildman–Crippen MR) is 72.9 cm³/mol. The van der Waals surface area contributed by atoms with Crippen LogP contribution in [0, 0.1) is 0 Å². The molecule has 0 unspecified atom stereocenters. The SMILES string of the molecule is Nc1cnc(Oc2ccc(Cl)c(Cl)c2)c(Br)c1. The molecule has 0 atom stereocenters. The summed E-state index contributed by atoms with van der Waals surface area (Å²) in [6, 6.07) is 6.69. The number of pyridine rings is 1. The minimum Gasteiger partial charge on any atom is -0.438 e. The second-order valence-corrected chi connectivity index (χ2v) is 4.90. The number of benzene rings is 1. The van der Waals surface area contributed by atoms with Crippen molar-refractivity contribution in [3.8, 4) is 11.6 Å². The normalized spacial score (nSPS) is 10.3. The van der Waals surface area contributed by atoms with Crippen molar-refractivity contribution in [2.24, 2.45) is 0 Å². The Balaban J connectivity index is 2.28. The van der Waals surface area contributed by atoms with Crippen molar-refractivity contribution in [2.75, 3.05) is 5.73 Å². The van der Waals surface area contributed by atoms with Crippen molar-refractivity contribution < 1.29 is 4.74 Å². The summed E-state index contributed by atoms with van der Waals surface area (Å²) < 4.78 is 6.21. The van der Waals surface area contributed by atoms with Crippen LogP contribution >= 0.6 is 39.1 Å². The number of nitrogens with two attached hydrogens (primary N) is 1. The van der Waals surface area contributed by atoms with Gasteiger partial charge in [-0.15, -0.1) is 0 Å². The molecule has 1 heterocycles. The van der Waals surface area contributed by atoms with Gasteiger partial charge in [0, 0.05) is 6.07 Å². The fourth-order valence-corrected chi connectivity index (χ4v) is 1.90. The van der Waals surface area contributed by atoms with Crippen LogP contribution in [0.3, 0.4) is 0 Å². The van der Waals surface area contributed by atoms with Crippen LogP contribution in [0.25, 0.3) is 0 Å². The largest absolute Gasteiger partial charge is 0.438 e. The summed E-state index contributed by atoms with van der Waals surface area (Å²) in [7, 11) is 0. The summed E-state index contributed by atoms with van der Waals surface area (Å²) in [4.78, 5) is 4.06. The first-order valence-corrected chi connectivity index (χ1v) is 6.15. The molecule has 0 saturated carbocycles. The Morgan fingerprint density at radius 1 is 1.18 bits per heavy atom. The predicted octanol–water partition coefficient (Wildman–Crippen LogP) is 4.53. The number of halogens is 3. The molecule has 0 aliphatic heterocycles. The second-order valence-electron chi connectivity index (χ2n) is 3.23. The van der Waals surface area contributed by atoms with E-state index >= 15 is 0 Å². The Hall–Kier alpha value is -0.970. The third-order valence-corrected chi connectivity index (χ3v) is 3.24. The van der Waals surface area contributed by atoms with E-state index in [0.717, 1.165) is 0 Å². The average Bonchev–Trinajstić information content (AvgIpc) is 2.27. The van der Waals surface area contributed by atoms with Gasteiger partial charge in [0.1, 0.15) is 5.75 Å². The molecule has 3 nitrogen and oxygen atoms in total. The maximum Gasteiger partial charge on any atom is 0.233 e. The zero-order chi connectivity index (χ0) is 12.4. The van der Waals surface area contributed by atoms with Crippen molar-refractivity contribution in [1.29, 1.82) is 0 Å². The van der Waals surface area contributed by atoms with Crippen molar-refractivity contribution in [3.63, 3.8) is 0 Å². The molecule has 2 aromatic rings. The lowest BCUT2D eigenvalue weighted by atomic mass is 10.3. The van der Waals surface area contributed by atoms with E-state index in [1.54, 1.807) is 24.3 Å². The zero-order valence-electron chi connectivity index (χ0n) is 8.45. The van der Waals surface area contributed by atoms with Gasteiger partial charge in [-0.2, -0.15) is 0 Å². The maximum atomic E-state index is 5.88. The highest BCUT2D eigenvalue weighted by Crippen LogP contribution is 2.32. The molecule has 2 N–H and O–H groups in total. The number of aromatic nitrogens is 1. The van der Waals surface area contributed by atoms with Gasteiger partial charge in [0.05, 0.1) is 26.4 Å². The first-order valence-electron chi connectivity index (χ1n) is 4.60. The topological polar surface area (TPSA) is 48.1 Å². The van der Waals surface area contributed by atoms with Crippen LogP contribution in [0.5, 0.6) is 11.6 Å². The average molecular weight is 334 g/mol. The highest BCUT2D eigenvalue weighted by atomic mass is 79.9. The monoisotopic (exact) mass is 332 g/mol. The Morgan fingerprint density at radius 3 is 2.59 bits per heavy atom. The highest BCUT2D eigenvalue weighted by Gasteiger charge is 2.06. The van der Waals surface area contributed by atoms with Crippen LogP contribution < -0.4 is 10.5 Å². The molecule has 0 fully saturated rings. The summed E-state index contributed by atoms with van der Waals surface area (Å²) in [5, 5.41) is 0.902. The number of nitrogens with zero attached hydrogens (tertiary/aromatic N) is 1. The Labute approximate surface area is 117 Å². The van der Waals surface area contributed by atoms with E-state index in [9.17, 15) is 0 Å². The first-order chi connectivity index (χ1) is 8.06. The van der Waals surface area contributed by atoms with E-state index in [-0.39, 0.29) is 0 Å². The molecule has 1 aromatic heterocycles. The lowest BCUT2D eigenvalue weighted by molar-refractivity contribution is 0.460. The molecule has 1 aromatic carbocycles. The summed E-state index contributed by atoms with van der Waals surface area (Å²) in [5.41, 5.74) is 6.13. The van der Waals surface area contributed by atoms with Gasteiger partial charge in [-0.25, -0.2) is 4.98 Å². The van der Waals surface area contributed by atoms with Crippen LogP contribution in [0.2, 0.25) is 10.0 Å². The minimum absolute atomic E-state index is 0.414. The van der Waals surface area contributed by atoms with Crippen LogP contribution in [0.15, 0.2) is 34.9 Å². The summed E-state index contributed by atoms with van der Waals surface area (Å²) in [5.74, 6) is 0.968. The molecule has 0 saturated heterocycles. The van der Waals surface area contributed by atoms with E-state index in [1.807, 2.05) is 0 Å². The number of nitrogen functional groups attached to an aromatic ring is 1. The molecule has 0 aliphatic rings. The fraction of sp³-hybridized carbons (Fsp3) is 0. The van der Waals surface area contributed by atoms with Crippen molar-refractivity contribution in [1.82, 2.24) is 4.98 Å². The summed E-state index contributed by atoms with van der Waals surface area (Å²) in [6.07, 6.45) is 1.51. The molecule has 0 spiro atoms. The van der Waals surface area contributed by atoms with Crippen LogP contribution in [-0.2, 0) is 0 Å². The van der Waals surface area contributed by atoms with Gasteiger partial charge in [-0.3, -0.25) is 0 Å². The van der Waals surface area contributed by atoms with Gasteiger partial charge in [0.2, 0.25) is 5.88 Å². The quantitative estimate of drug-likeness (QED) is 0.878. The zero-order valence-corrected chi connectivity index (χ0v) is 11.6. The van der Waals surface area contributed by atoms with Crippen molar-refractivity contribution in [3.05, 3.63) is 45.0 Å². The number of anilines is 1. The molecule has 6 heteroatoms. The van der Waals surface area contributed by atoms with Crippen molar-refractivity contribution >= 4 is 44.8 Å². The standard InChI is InChI=1S/C11H7BrCl2N2O/c12-8-3-6(15)5-16-11(8)17-7-1-2-9(13)10(14)4-7/h1-5H,15H2. The van der Waals surface area contributed by atoms with Gasteiger partial charge in [0.15, 0.2) is 0 Å². The van der Waals surface area contributed by atoms with E-state index in [1.165, 1.54) is 6.20 Å².